The summed E-state index contributed by atoms with van der Waals surface area (Å²) in [6.45, 7) is 1.95. The molecule has 0 amide bonds. The number of aromatic nitrogens is 4. The minimum absolute atomic E-state index is 0.549. The van der Waals surface area contributed by atoms with E-state index in [-0.39, 0.29) is 0 Å². The summed E-state index contributed by atoms with van der Waals surface area (Å²) in [5.74, 6) is 2.87. The highest BCUT2D eigenvalue weighted by atomic mass is 16.5. The van der Waals surface area contributed by atoms with Gasteiger partial charge in [-0.15, -0.1) is 0 Å². The van der Waals surface area contributed by atoms with E-state index in [9.17, 15) is 0 Å². The van der Waals surface area contributed by atoms with Gasteiger partial charge in [0.25, 0.3) is 0 Å². The van der Waals surface area contributed by atoms with Crippen molar-refractivity contribution < 1.29 is 4.74 Å². The molecule has 1 aliphatic rings. The fraction of sp³-hybridized carbons (Fsp3) is 0.409. The predicted molar refractivity (Wildman–Crippen MR) is 115 cm³/mol. The number of anilines is 3. The van der Waals surface area contributed by atoms with Crippen molar-refractivity contribution in [3.63, 3.8) is 0 Å². The van der Waals surface area contributed by atoms with Crippen molar-refractivity contribution in [1.82, 2.24) is 19.7 Å². The quantitative estimate of drug-likeness (QED) is 0.617. The number of hydrogen-bond acceptors (Lipinski definition) is 6. The van der Waals surface area contributed by atoms with Crippen LogP contribution < -0.4 is 15.4 Å². The molecule has 152 valence electrons. The Kier molecular flexibility index (Phi) is 5.64. The Morgan fingerprint density at radius 3 is 2.72 bits per heavy atom. The second-order valence-electron chi connectivity index (χ2n) is 7.59. The van der Waals surface area contributed by atoms with Crippen LogP contribution in [0.5, 0.6) is 5.75 Å². The average molecular weight is 393 g/mol. The van der Waals surface area contributed by atoms with Crippen LogP contribution in [0.15, 0.2) is 36.5 Å². The monoisotopic (exact) mass is 392 g/mol. The van der Waals surface area contributed by atoms with Crippen LogP contribution in [0.4, 0.5) is 17.5 Å². The number of aryl methyl sites for hydroxylation is 1. The number of nitrogens with one attached hydrogen (secondary N) is 2. The Morgan fingerprint density at radius 2 is 1.97 bits per heavy atom. The van der Waals surface area contributed by atoms with E-state index in [4.69, 9.17) is 9.84 Å². The first kappa shape index (κ1) is 19.2. The van der Waals surface area contributed by atoms with Crippen LogP contribution in [0.3, 0.4) is 0 Å². The molecule has 0 bridgehead atoms. The topological polar surface area (TPSA) is 76.9 Å². The van der Waals surface area contributed by atoms with Gasteiger partial charge in [-0.2, -0.15) is 10.1 Å². The lowest BCUT2D eigenvalue weighted by Gasteiger charge is -2.13. The first-order chi connectivity index (χ1) is 14.1. The summed E-state index contributed by atoms with van der Waals surface area (Å²) >= 11 is 0. The molecule has 0 saturated heterocycles. The Balaban J connectivity index is 1.58. The number of ether oxygens (including phenoxy) is 1. The van der Waals surface area contributed by atoms with Gasteiger partial charge >= 0.3 is 0 Å². The largest absolute Gasteiger partial charge is 0.494 e. The number of rotatable bonds is 7. The predicted octanol–water partition coefficient (Wildman–Crippen LogP) is 4.50. The summed E-state index contributed by atoms with van der Waals surface area (Å²) in [6.07, 6.45) is 8.40. The Bertz CT molecular complexity index is 977. The molecule has 0 spiro atoms. The minimum atomic E-state index is 0.549. The highest BCUT2D eigenvalue weighted by Crippen LogP contribution is 2.30. The molecule has 0 radical (unpaired) electrons. The maximum absolute atomic E-state index is 5.57. The van der Waals surface area contributed by atoms with E-state index in [2.05, 4.69) is 26.7 Å². The van der Waals surface area contributed by atoms with Crippen molar-refractivity contribution >= 4 is 17.5 Å². The normalized spacial score (nSPS) is 14.2. The lowest BCUT2D eigenvalue weighted by atomic mass is 10.0. The molecule has 1 aliphatic carbocycles. The molecule has 3 aromatic rings. The molecule has 0 atom stereocenters. The third-order valence-corrected chi connectivity index (χ3v) is 5.41. The van der Waals surface area contributed by atoms with Crippen molar-refractivity contribution in [3.8, 4) is 11.4 Å². The van der Waals surface area contributed by atoms with Crippen LogP contribution in [0.2, 0.25) is 0 Å². The molecular weight excluding hydrogens is 364 g/mol. The van der Waals surface area contributed by atoms with Gasteiger partial charge in [-0.25, -0.2) is 9.67 Å². The molecule has 2 heterocycles. The Hall–Kier alpha value is -3.09. The highest BCUT2D eigenvalue weighted by Gasteiger charge is 2.17. The fourth-order valence-corrected chi connectivity index (χ4v) is 3.94. The van der Waals surface area contributed by atoms with Crippen LogP contribution in [0.25, 0.3) is 5.69 Å². The van der Waals surface area contributed by atoms with Gasteiger partial charge in [0, 0.05) is 30.7 Å². The van der Waals surface area contributed by atoms with Gasteiger partial charge < -0.3 is 15.4 Å². The molecule has 2 aromatic heterocycles. The maximum atomic E-state index is 5.57. The summed E-state index contributed by atoms with van der Waals surface area (Å²) in [5, 5.41) is 11.2. The summed E-state index contributed by atoms with van der Waals surface area (Å²) < 4.78 is 7.47. The van der Waals surface area contributed by atoms with Gasteiger partial charge in [0.1, 0.15) is 17.3 Å². The van der Waals surface area contributed by atoms with Gasteiger partial charge in [-0.3, -0.25) is 0 Å². The zero-order valence-corrected chi connectivity index (χ0v) is 17.3. The van der Waals surface area contributed by atoms with Crippen molar-refractivity contribution in [1.29, 1.82) is 0 Å². The van der Waals surface area contributed by atoms with Crippen molar-refractivity contribution in [2.75, 3.05) is 24.8 Å². The molecule has 4 rings (SSSR count). The molecule has 0 aliphatic heterocycles. The Labute approximate surface area is 171 Å². The molecular formula is C22H28N6O. The minimum Gasteiger partial charge on any atom is -0.494 e. The van der Waals surface area contributed by atoms with Gasteiger partial charge in [0.15, 0.2) is 0 Å². The molecule has 7 nitrogen and oxygen atoms in total. The highest BCUT2D eigenvalue weighted by molar-refractivity contribution is 5.62. The lowest BCUT2D eigenvalue weighted by molar-refractivity contribution is 0.411. The molecule has 1 saturated carbocycles. The third kappa shape index (κ3) is 4.50. The first-order valence-electron chi connectivity index (χ1n) is 10.2. The summed E-state index contributed by atoms with van der Waals surface area (Å²) in [5.41, 5.74) is 3.79. The number of methoxy groups -OCH3 is 1. The van der Waals surface area contributed by atoms with Crippen LogP contribution in [0, 0.1) is 12.8 Å². The number of benzene rings is 1. The van der Waals surface area contributed by atoms with E-state index < -0.39 is 0 Å². The Morgan fingerprint density at radius 1 is 1.14 bits per heavy atom. The fourth-order valence-electron chi connectivity index (χ4n) is 3.94. The standard InChI is InChI=1S/C22H28N6O/c1-15-12-21(23-2)26-22(24-15)25-17-8-9-20(29-3)19(14-17)28-11-10-18(27-28)13-16-6-4-5-7-16/h8-12,14,16H,4-7,13H2,1-3H3,(H2,23,24,25,26). The summed E-state index contributed by atoms with van der Waals surface area (Å²) in [4.78, 5) is 8.93. The van der Waals surface area contributed by atoms with Gasteiger partial charge in [-0.1, -0.05) is 25.7 Å². The van der Waals surface area contributed by atoms with Gasteiger partial charge in [0.2, 0.25) is 5.95 Å². The van der Waals surface area contributed by atoms with Crippen molar-refractivity contribution in [2.45, 2.75) is 39.0 Å². The molecule has 1 aromatic carbocycles. The summed E-state index contributed by atoms with van der Waals surface area (Å²) in [7, 11) is 3.52. The molecule has 0 unspecified atom stereocenters. The van der Waals surface area contributed by atoms with E-state index >= 15 is 0 Å². The zero-order chi connectivity index (χ0) is 20.2. The lowest BCUT2D eigenvalue weighted by Crippen LogP contribution is -2.05. The van der Waals surface area contributed by atoms with Crippen LogP contribution in [0.1, 0.15) is 37.1 Å². The maximum Gasteiger partial charge on any atom is 0.229 e. The van der Waals surface area contributed by atoms with E-state index in [1.54, 1.807) is 7.11 Å². The average Bonchev–Trinajstić information content (AvgIpc) is 3.40. The van der Waals surface area contributed by atoms with E-state index in [1.807, 2.05) is 49.1 Å². The second-order valence-corrected chi connectivity index (χ2v) is 7.59. The second kappa shape index (κ2) is 8.51. The van der Waals surface area contributed by atoms with Crippen LogP contribution in [-0.4, -0.2) is 33.9 Å². The summed E-state index contributed by atoms with van der Waals surface area (Å²) in [6, 6.07) is 9.91. The number of nitrogens with zero attached hydrogens (tertiary/aromatic N) is 4. The van der Waals surface area contributed by atoms with E-state index in [0.29, 0.717) is 5.95 Å². The smallest absolute Gasteiger partial charge is 0.229 e. The number of hydrogen-bond donors (Lipinski definition) is 2. The third-order valence-electron chi connectivity index (χ3n) is 5.41. The molecule has 1 fully saturated rings. The first-order valence-corrected chi connectivity index (χ1v) is 10.2. The van der Waals surface area contributed by atoms with Crippen LogP contribution >= 0.6 is 0 Å². The van der Waals surface area contributed by atoms with E-state index in [0.717, 1.165) is 46.7 Å². The zero-order valence-electron chi connectivity index (χ0n) is 17.3. The van der Waals surface area contributed by atoms with Gasteiger partial charge in [0.05, 0.1) is 12.8 Å². The molecule has 7 heteroatoms. The van der Waals surface area contributed by atoms with Crippen LogP contribution in [-0.2, 0) is 6.42 Å². The van der Waals surface area contributed by atoms with Crippen molar-refractivity contribution in [3.05, 3.63) is 47.9 Å². The molecule has 29 heavy (non-hydrogen) atoms. The van der Waals surface area contributed by atoms with E-state index in [1.165, 1.54) is 25.7 Å². The SMILES string of the molecule is CNc1cc(C)nc(Nc2ccc(OC)c(-n3ccc(CC4CCCC4)n3)c2)n1. The van der Waals surface area contributed by atoms with Crippen molar-refractivity contribution in [2.24, 2.45) is 5.92 Å². The molecule has 2 N–H and O–H groups in total. The van der Waals surface area contributed by atoms with Gasteiger partial charge in [-0.05, 0) is 43.5 Å².